The number of aliphatic imine (C=N–C) groups is 2. The van der Waals surface area contributed by atoms with E-state index in [0.717, 1.165) is 12.1 Å². The third-order valence-corrected chi connectivity index (χ3v) is 1.97. The molecule has 0 radical (unpaired) electrons. The summed E-state index contributed by atoms with van der Waals surface area (Å²) in [5, 5.41) is 0. The number of rotatable bonds is 1. The van der Waals surface area contributed by atoms with Crippen LogP contribution in [0.3, 0.4) is 0 Å². The Balaban J connectivity index is 2.86. The molecule has 0 saturated carbocycles. The maximum Gasteiger partial charge on any atom is 0.0775 e. The molecule has 0 N–H and O–H groups in total. The van der Waals surface area contributed by atoms with Gasteiger partial charge in [-0.05, 0) is 26.3 Å². The van der Waals surface area contributed by atoms with Crippen molar-refractivity contribution in [2.75, 3.05) is 0 Å². The van der Waals surface area contributed by atoms with E-state index in [1.54, 1.807) is 0 Å². The van der Waals surface area contributed by atoms with Crippen molar-refractivity contribution in [1.29, 1.82) is 0 Å². The summed E-state index contributed by atoms with van der Waals surface area (Å²) in [4.78, 5) is 8.57. The molecule has 0 spiro atoms. The quantitative estimate of drug-likeness (QED) is 0.547. The lowest BCUT2D eigenvalue weighted by molar-refractivity contribution is 0.570. The van der Waals surface area contributed by atoms with E-state index < -0.39 is 0 Å². The molecule has 11 heavy (non-hydrogen) atoms. The molecular formula is C9H14N2. The minimum Gasteiger partial charge on any atom is -0.281 e. The van der Waals surface area contributed by atoms with Gasteiger partial charge in [-0.15, -0.1) is 0 Å². The minimum absolute atomic E-state index is 0.0404. The summed E-state index contributed by atoms with van der Waals surface area (Å²) < 4.78 is 0. The lowest BCUT2D eigenvalue weighted by Gasteiger charge is -2.16. The van der Waals surface area contributed by atoms with Crippen LogP contribution in [0.25, 0.3) is 0 Å². The van der Waals surface area contributed by atoms with Crippen LogP contribution in [-0.2, 0) is 0 Å². The van der Waals surface area contributed by atoms with Crippen molar-refractivity contribution in [3.05, 3.63) is 12.3 Å². The van der Waals surface area contributed by atoms with Crippen molar-refractivity contribution in [2.24, 2.45) is 9.98 Å². The normalized spacial score (nSPS) is 29.9. The van der Waals surface area contributed by atoms with E-state index in [1.807, 2.05) is 25.4 Å². The van der Waals surface area contributed by atoms with E-state index in [4.69, 9.17) is 0 Å². The second kappa shape index (κ2) is 2.99. The van der Waals surface area contributed by atoms with Crippen LogP contribution in [-0.4, -0.2) is 17.5 Å². The molecule has 1 heterocycles. The van der Waals surface area contributed by atoms with Gasteiger partial charge in [0.1, 0.15) is 0 Å². The zero-order valence-electron chi connectivity index (χ0n) is 7.33. The Labute approximate surface area is 67.8 Å². The Morgan fingerprint density at radius 1 is 1.55 bits per heavy atom. The second-order valence-electron chi connectivity index (χ2n) is 3.06. The van der Waals surface area contributed by atoms with Crippen molar-refractivity contribution < 1.29 is 0 Å². The summed E-state index contributed by atoms with van der Waals surface area (Å²) >= 11 is 0. The highest BCUT2D eigenvalue weighted by molar-refractivity contribution is 6.29. The molecular weight excluding hydrogens is 136 g/mol. The third kappa shape index (κ3) is 2.00. The highest BCUT2D eigenvalue weighted by atomic mass is 14.9. The summed E-state index contributed by atoms with van der Waals surface area (Å²) in [7, 11) is 0. The molecule has 1 unspecified atom stereocenters. The smallest absolute Gasteiger partial charge is 0.0775 e. The fourth-order valence-corrected chi connectivity index (χ4v) is 0.842. The van der Waals surface area contributed by atoms with Gasteiger partial charge in [0, 0.05) is 12.4 Å². The molecule has 2 heteroatoms. The standard InChI is InChI=1S/C9H14N2/c1-4-9(3)5-6-10-8(2)7-11-9/h5-7H,4H2,1-3H3. The Morgan fingerprint density at radius 2 is 2.27 bits per heavy atom. The highest BCUT2D eigenvalue weighted by Gasteiger charge is 2.16. The van der Waals surface area contributed by atoms with Gasteiger partial charge in [0.25, 0.3) is 0 Å². The summed E-state index contributed by atoms with van der Waals surface area (Å²) in [6.07, 6.45) is 6.73. The summed E-state index contributed by atoms with van der Waals surface area (Å²) in [6.45, 7) is 6.19. The average Bonchev–Trinajstić information content (AvgIpc) is 2.15. The van der Waals surface area contributed by atoms with Crippen molar-refractivity contribution in [2.45, 2.75) is 32.7 Å². The van der Waals surface area contributed by atoms with Gasteiger partial charge in [0.15, 0.2) is 0 Å². The molecule has 2 nitrogen and oxygen atoms in total. The van der Waals surface area contributed by atoms with Gasteiger partial charge in [0.2, 0.25) is 0 Å². The Kier molecular flexibility index (Phi) is 2.22. The lowest BCUT2D eigenvalue weighted by atomic mass is 10.0. The first-order valence-electron chi connectivity index (χ1n) is 3.93. The summed E-state index contributed by atoms with van der Waals surface area (Å²) in [6, 6.07) is 0. The molecule has 1 aliphatic heterocycles. The van der Waals surface area contributed by atoms with Crippen LogP contribution in [0.4, 0.5) is 0 Å². The van der Waals surface area contributed by atoms with Gasteiger partial charge in [-0.1, -0.05) is 6.92 Å². The van der Waals surface area contributed by atoms with Gasteiger partial charge in [-0.3, -0.25) is 9.98 Å². The molecule has 0 fully saturated rings. The van der Waals surface area contributed by atoms with E-state index >= 15 is 0 Å². The summed E-state index contributed by atoms with van der Waals surface area (Å²) in [5.41, 5.74) is 0.930. The topological polar surface area (TPSA) is 24.7 Å². The molecule has 1 atom stereocenters. The number of hydrogen-bond acceptors (Lipinski definition) is 2. The molecule has 0 saturated heterocycles. The predicted octanol–water partition coefficient (Wildman–Crippen LogP) is 2.21. The van der Waals surface area contributed by atoms with Crippen LogP contribution in [0.1, 0.15) is 27.2 Å². The molecule has 1 rings (SSSR count). The van der Waals surface area contributed by atoms with Crippen molar-refractivity contribution in [3.63, 3.8) is 0 Å². The summed E-state index contributed by atoms with van der Waals surface area (Å²) in [5.74, 6) is 0. The lowest BCUT2D eigenvalue weighted by Crippen LogP contribution is -2.16. The second-order valence-corrected chi connectivity index (χ2v) is 3.06. The molecule has 0 amide bonds. The van der Waals surface area contributed by atoms with Crippen molar-refractivity contribution in [3.8, 4) is 0 Å². The zero-order valence-corrected chi connectivity index (χ0v) is 7.33. The largest absolute Gasteiger partial charge is 0.281 e. The first kappa shape index (κ1) is 8.18. The van der Waals surface area contributed by atoms with Gasteiger partial charge >= 0.3 is 0 Å². The third-order valence-electron chi connectivity index (χ3n) is 1.97. The van der Waals surface area contributed by atoms with Crippen LogP contribution in [0.15, 0.2) is 22.3 Å². The molecule has 60 valence electrons. The average molecular weight is 150 g/mol. The first-order chi connectivity index (χ1) is 5.16. The van der Waals surface area contributed by atoms with Gasteiger partial charge in [-0.2, -0.15) is 0 Å². The van der Waals surface area contributed by atoms with E-state index in [1.165, 1.54) is 0 Å². The van der Waals surface area contributed by atoms with E-state index in [9.17, 15) is 0 Å². The van der Waals surface area contributed by atoms with Crippen molar-refractivity contribution >= 4 is 11.9 Å². The molecule has 0 aromatic carbocycles. The predicted molar refractivity (Wildman–Crippen MR) is 49.4 cm³/mol. The SMILES string of the molecule is CCC1(C)C=CN=C(C)C=N1. The number of hydrogen-bond donors (Lipinski definition) is 0. The van der Waals surface area contributed by atoms with Crippen LogP contribution >= 0.6 is 0 Å². The molecule has 0 bridgehead atoms. The fourth-order valence-electron chi connectivity index (χ4n) is 0.842. The van der Waals surface area contributed by atoms with E-state index in [0.29, 0.717) is 0 Å². The fraction of sp³-hybridized carbons (Fsp3) is 0.556. The highest BCUT2D eigenvalue weighted by Crippen LogP contribution is 2.17. The van der Waals surface area contributed by atoms with Crippen molar-refractivity contribution in [1.82, 2.24) is 0 Å². The Bertz CT molecular complexity index is 226. The minimum atomic E-state index is -0.0404. The maximum absolute atomic E-state index is 4.41. The van der Waals surface area contributed by atoms with Crippen LogP contribution < -0.4 is 0 Å². The van der Waals surface area contributed by atoms with E-state index in [-0.39, 0.29) is 5.54 Å². The monoisotopic (exact) mass is 150 g/mol. The molecule has 1 aliphatic rings. The van der Waals surface area contributed by atoms with Gasteiger partial charge < -0.3 is 0 Å². The molecule has 0 aliphatic carbocycles. The van der Waals surface area contributed by atoms with Gasteiger partial charge in [-0.25, -0.2) is 0 Å². The maximum atomic E-state index is 4.41. The molecule has 0 aromatic rings. The van der Waals surface area contributed by atoms with E-state index in [2.05, 4.69) is 23.8 Å². The Morgan fingerprint density at radius 3 is 2.91 bits per heavy atom. The number of nitrogens with zero attached hydrogens (tertiary/aromatic N) is 2. The van der Waals surface area contributed by atoms with Crippen LogP contribution in [0.5, 0.6) is 0 Å². The molecule has 0 aromatic heterocycles. The Hall–Kier alpha value is -0.920. The van der Waals surface area contributed by atoms with Crippen LogP contribution in [0, 0.1) is 0 Å². The van der Waals surface area contributed by atoms with Gasteiger partial charge in [0.05, 0.1) is 11.3 Å². The first-order valence-corrected chi connectivity index (χ1v) is 3.93. The zero-order chi connectivity index (χ0) is 8.32. The van der Waals surface area contributed by atoms with Crippen LogP contribution in [0.2, 0.25) is 0 Å².